The van der Waals surface area contributed by atoms with Gasteiger partial charge in [-0.05, 0) is 31.0 Å². The maximum Gasteiger partial charge on any atom is 0.275 e. The fourth-order valence-corrected chi connectivity index (χ4v) is 4.42. The van der Waals surface area contributed by atoms with Gasteiger partial charge in [0.2, 0.25) is 0 Å². The molecule has 1 amide bonds. The van der Waals surface area contributed by atoms with Gasteiger partial charge in [-0.15, -0.1) is 0 Å². The molecular weight excluding hydrogens is 395 g/mol. The third-order valence-corrected chi connectivity index (χ3v) is 5.90. The monoisotopic (exact) mass is 422 g/mol. The molecule has 0 bridgehead atoms. The van der Waals surface area contributed by atoms with Crippen LogP contribution < -0.4 is 4.90 Å². The summed E-state index contributed by atoms with van der Waals surface area (Å²) in [6, 6.07) is 5.47. The zero-order valence-corrected chi connectivity index (χ0v) is 18.5. The summed E-state index contributed by atoms with van der Waals surface area (Å²) >= 11 is 12.7. The van der Waals surface area contributed by atoms with Crippen LogP contribution in [0.25, 0.3) is 0 Å². The van der Waals surface area contributed by atoms with E-state index in [0.717, 1.165) is 50.2 Å². The lowest BCUT2D eigenvalue weighted by atomic mass is 10.1. The van der Waals surface area contributed by atoms with Crippen LogP contribution in [-0.2, 0) is 13.0 Å². The molecular formula is C21H28Cl2N4O. The molecule has 1 aliphatic rings. The van der Waals surface area contributed by atoms with Crippen LogP contribution in [0.3, 0.4) is 0 Å². The van der Waals surface area contributed by atoms with Crippen LogP contribution in [0.5, 0.6) is 0 Å². The third-order valence-electron chi connectivity index (χ3n) is 5.36. The summed E-state index contributed by atoms with van der Waals surface area (Å²) in [5, 5.41) is 1.14. The van der Waals surface area contributed by atoms with Gasteiger partial charge in [-0.3, -0.25) is 4.79 Å². The third kappa shape index (κ3) is 3.62. The number of unbranched alkanes of at least 4 members (excludes halogenated alkanes) is 2. The standard InChI is InChI=1S/C21H28Cl2N4O/c1-5-8-9-12-26-17(6-2)24-20-19(26)21(28)25(4)18(7-3)27(20)16-11-10-14(22)13-15(16)23/h10-11,13,18H,5-9,12H2,1-4H3. The molecule has 1 aromatic heterocycles. The van der Waals surface area contributed by atoms with E-state index in [0.29, 0.717) is 21.6 Å². The number of rotatable bonds is 7. The summed E-state index contributed by atoms with van der Waals surface area (Å²) in [5.41, 5.74) is 1.48. The van der Waals surface area contributed by atoms with Crippen LogP contribution in [0.1, 0.15) is 62.8 Å². The second kappa shape index (κ2) is 8.75. The molecule has 1 aromatic carbocycles. The number of carbonyl (C=O) groups excluding carboxylic acids is 1. The normalized spacial score (nSPS) is 16.6. The Hall–Kier alpha value is -1.72. The molecule has 0 spiro atoms. The zero-order valence-electron chi connectivity index (χ0n) is 17.0. The van der Waals surface area contributed by atoms with E-state index >= 15 is 0 Å². The van der Waals surface area contributed by atoms with Gasteiger partial charge in [0, 0.05) is 25.0 Å². The summed E-state index contributed by atoms with van der Waals surface area (Å²) < 4.78 is 2.10. The molecule has 5 nitrogen and oxygen atoms in total. The Bertz CT molecular complexity index is 864. The van der Waals surface area contributed by atoms with E-state index in [1.54, 1.807) is 11.0 Å². The van der Waals surface area contributed by atoms with Crippen LogP contribution in [0.15, 0.2) is 18.2 Å². The van der Waals surface area contributed by atoms with Crippen molar-refractivity contribution in [2.75, 3.05) is 11.9 Å². The number of aromatic nitrogens is 2. The molecule has 2 aromatic rings. The highest BCUT2D eigenvalue weighted by Crippen LogP contribution is 2.41. The minimum Gasteiger partial charge on any atom is -0.322 e. The molecule has 7 heteroatoms. The lowest BCUT2D eigenvalue weighted by Crippen LogP contribution is -2.51. The number of halogens is 2. The molecule has 28 heavy (non-hydrogen) atoms. The lowest BCUT2D eigenvalue weighted by molar-refractivity contribution is 0.0701. The first kappa shape index (κ1) is 21.0. The van der Waals surface area contributed by atoms with Crippen molar-refractivity contribution in [3.05, 3.63) is 39.8 Å². The number of benzene rings is 1. The number of imidazole rings is 1. The SMILES string of the molecule is CCCCCn1c(CC)nc2c1C(=O)N(C)C(CC)N2c1ccc(Cl)cc1Cl. The van der Waals surface area contributed by atoms with Crippen molar-refractivity contribution in [1.29, 1.82) is 0 Å². The van der Waals surface area contributed by atoms with Crippen LogP contribution >= 0.6 is 23.2 Å². The summed E-state index contributed by atoms with van der Waals surface area (Å²) in [4.78, 5) is 22.1. The van der Waals surface area contributed by atoms with Gasteiger partial charge in [0.05, 0.1) is 10.7 Å². The van der Waals surface area contributed by atoms with Crippen molar-refractivity contribution in [2.45, 2.75) is 65.6 Å². The van der Waals surface area contributed by atoms with Crippen molar-refractivity contribution >= 4 is 40.6 Å². The van der Waals surface area contributed by atoms with E-state index in [1.165, 1.54) is 0 Å². The highest BCUT2D eigenvalue weighted by atomic mass is 35.5. The van der Waals surface area contributed by atoms with E-state index in [1.807, 2.05) is 19.2 Å². The Morgan fingerprint density at radius 3 is 2.50 bits per heavy atom. The molecule has 3 rings (SSSR count). The summed E-state index contributed by atoms with van der Waals surface area (Å²) in [7, 11) is 1.85. The number of fused-ring (bicyclic) bond motifs is 1. The first-order chi connectivity index (χ1) is 13.4. The fourth-order valence-electron chi connectivity index (χ4n) is 3.92. The van der Waals surface area contributed by atoms with E-state index in [9.17, 15) is 4.79 Å². The molecule has 0 fully saturated rings. The molecule has 0 saturated carbocycles. The van der Waals surface area contributed by atoms with Gasteiger partial charge in [-0.1, -0.05) is 56.8 Å². The second-order valence-electron chi connectivity index (χ2n) is 7.18. The molecule has 0 saturated heterocycles. The van der Waals surface area contributed by atoms with Crippen molar-refractivity contribution in [1.82, 2.24) is 14.5 Å². The average molecular weight is 423 g/mol. The molecule has 1 unspecified atom stereocenters. The van der Waals surface area contributed by atoms with Crippen LogP contribution in [0, 0.1) is 0 Å². The van der Waals surface area contributed by atoms with Crippen molar-refractivity contribution in [3.63, 3.8) is 0 Å². The summed E-state index contributed by atoms with van der Waals surface area (Å²) in [6.45, 7) is 7.13. The highest BCUT2D eigenvalue weighted by molar-refractivity contribution is 6.36. The predicted octanol–water partition coefficient (Wildman–Crippen LogP) is 5.90. The summed E-state index contributed by atoms with van der Waals surface area (Å²) in [6.07, 6.45) is 4.67. The fraction of sp³-hybridized carbons (Fsp3) is 0.524. The van der Waals surface area contributed by atoms with Gasteiger partial charge in [0.15, 0.2) is 11.5 Å². The smallest absolute Gasteiger partial charge is 0.275 e. The van der Waals surface area contributed by atoms with E-state index in [2.05, 4.69) is 30.2 Å². The van der Waals surface area contributed by atoms with Crippen LogP contribution in [-0.4, -0.2) is 33.6 Å². The minimum absolute atomic E-state index is 0.0203. The highest BCUT2D eigenvalue weighted by Gasteiger charge is 2.40. The number of carbonyl (C=O) groups is 1. The Morgan fingerprint density at radius 1 is 1.14 bits per heavy atom. The molecule has 0 radical (unpaired) electrons. The zero-order chi connectivity index (χ0) is 20.4. The molecule has 0 N–H and O–H groups in total. The summed E-state index contributed by atoms with van der Waals surface area (Å²) in [5.74, 6) is 1.66. The van der Waals surface area contributed by atoms with Crippen molar-refractivity contribution in [2.24, 2.45) is 0 Å². The number of aryl methyl sites for hydroxylation is 1. The number of nitrogens with zero attached hydrogens (tertiary/aromatic N) is 4. The van der Waals surface area contributed by atoms with Gasteiger partial charge >= 0.3 is 0 Å². The van der Waals surface area contributed by atoms with Crippen LogP contribution in [0.4, 0.5) is 11.5 Å². The van der Waals surface area contributed by atoms with Gasteiger partial charge < -0.3 is 14.4 Å². The Kier molecular flexibility index (Phi) is 6.56. The first-order valence-corrected chi connectivity index (χ1v) is 10.8. The quantitative estimate of drug-likeness (QED) is 0.521. The second-order valence-corrected chi connectivity index (χ2v) is 8.03. The molecule has 0 aliphatic carbocycles. The lowest BCUT2D eigenvalue weighted by Gasteiger charge is -2.42. The largest absolute Gasteiger partial charge is 0.322 e. The number of amides is 1. The first-order valence-electron chi connectivity index (χ1n) is 10.0. The molecule has 2 heterocycles. The van der Waals surface area contributed by atoms with Gasteiger partial charge in [0.1, 0.15) is 12.0 Å². The minimum atomic E-state index is -0.151. The van der Waals surface area contributed by atoms with Gasteiger partial charge in [-0.2, -0.15) is 0 Å². The number of hydrogen-bond acceptors (Lipinski definition) is 3. The van der Waals surface area contributed by atoms with Gasteiger partial charge in [-0.25, -0.2) is 4.98 Å². The van der Waals surface area contributed by atoms with Crippen molar-refractivity contribution in [3.8, 4) is 0 Å². The van der Waals surface area contributed by atoms with Crippen LogP contribution in [0.2, 0.25) is 10.0 Å². The molecule has 152 valence electrons. The Labute approximate surface area is 177 Å². The Morgan fingerprint density at radius 2 is 1.89 bits per heavy atom. The average Bonchev–Trinajstić information content (AvgIpc) is 3.04. The Balaban J connectivity index is 2.18. The number of anilines is 2. The van der Waals surface area contributed by atoms with E-state index in [4.69, 9.17) is 28.2 Å². The molecule has 1 atom stereocenters. The topological polar surface area (TPSA) is 41.4 Å². The number of hydrogen-bond donors (Lipinski definition) is 0. The van der Waals surface area contributed by atoms with Gasteiger partial charge in [0.25, 0.3) is 5.91 Å². The maximum absolute atomic E-state index is 13.3. The van der Waals surface area contributed by atoms with E-state index in [-0.39, 0.29) is 12.1 Å². The molecule has 1 aliphatic heterocycles. The maximum atomic E-state index is 13.3. The van der Waals surface area contributed by atoms with E-state index < -0.39 is 0 Å². The van der Waals surface area contributed by atoms with Crippen molar-refractivity contribution < 1.29 is 4.79 Å². The predicted molar refractivity (Wildman–Crippen MR) is 116 cm³/mol.